The van der Waals surface area contributed by atoms with E-state index in [2.05, 4.69) is 10.1 Å². The van der Waals surface area contributed by atoms with Gasteiger partial charge in [-0.05, 0) is 11.1 Å². The highest BCUT2D eigenvalue weighted by molar-refractivity contribution is 5.96. The molecule has 1 amide bonds. The van der Waals surface area contributed by atoms with Crippen molar-refractivity contribution >= 4 is 18.0 Å². The van der Waals surface area contributed by atoms with Crippen LogP contribution in [0.15, 0.2) is 24.3 Å². The van der Waals surface area contributed by atoms with E-state index < -0.39 is 24.1 Å². The molecule has 1 fully saturated rings. The Morgan fingerprint density at radius 1 is 1.39 bits per heavy atom. The minimum Gasteiger partial charge on any atom is -0.461 e. The quantitative estimate of drug-likeness (QED) is 0.639. The number of nitrogens with one attached hydrogen (secondary N) is 1. The van der Waals surface area contributed by atoms with Gasteiger partial charge >= 0.3 is 18.0 Å². The normalized spacial score (nSPS) is 18.2. The molecule has 94 valence electrons. The Hall–Kier alpha value is -2.37. The number of rotatable bonds is 3. The molecule has 18 heavy (non-hydrogen) atoms. The molecular formula is C12H11NO5. The molecule has 1 heterocycles. The lowest BCUT2D eigenvalue weighted by Crippen LogP contribution is -2.21. The molecule has 1 atom stereocenters. The third-order valence-corrected chi connectivity index (χ3v) is 2.49. The van der Waals surface area contributed by atoms with E-state index in [-0.39, 0.29) is 6.61 Å². The molecule has 6 heteroatoms. The van der Waals surface area contributed by atoms with Crippen LogP contribution in [0.5, 0.6) is 0 Å². The van der Waals surface area contributed by atoms with Crippen LogP contribution >= 0.6 is 0 Å². The summed E-state index contributed by atoms with van der Waals surface area (Å²) in [6.07, 6.45) is -0.771. The number of carbonyl (C=O) groups excluding carboxylic acids is 3. The molecule has 0 aliphatic carbocycles. The summed E-state index contributed by atoms with van der Waals surface area (Å²) in [5.74, 6) is -1.07. The first-order valence-electron chi connectivity index (χ1n) is 5.31. The zero-order chi connectivity index (χ0) is 13.1. The topological polar surface area (TPSA) is 81.7 Å². The van der Waals surface area contributed by atoms with E-state index >= 15 is 0 Å². The summed E-state index contributed by atoms with van der Waals surface area (Å²) in [6.45, 7) is 1.35. The second-order valence-corrected chi connectivity index (χ2v) is 3.76. The number of hydrogen-bond acceptors (Lipinski definition) is 5. The molecule has 1 aromatic carbocycles. The lowest BCUT2D eigenvalue weighted by molar-refractivity contribution is -0.142. The van der Waals surface area contributed by atoms with Gasteiger partial charge < -0.3 is 14.8 Å². The van der Waals surface area contributed by atoms with Gasteiger partial charge in [-0.25, -0.2) is 9.59 Å². The number of amides is 1. The van der Waals surface area contributed by atoms with Crippen molar-refractivity contribution in [2.75, 3.05) is 0 Å². The molecule has 0 spiro atoms. The largest absolute Gasteiger partial charge is 0.461 e. The molecule has 0 radical (unpaired) electrons. The SMILES string of the molecule is CC(=O)OCc1ccccc1[C@@H]1NC(=O)OC1=O. The zero-order valence-electron chi connectivity index (χ0n) is 9.64. The van der Waals surface area contributed by atoms with E-state index in [1.54, 1.807) is 24.3 Å². The average Bonchev–Trinajstić information content (AvgIpc) is 2.66. The van der Waals surface area contributed by atoms with Crippen LogP contribution in [0.1, 0.15) is 24.1 Å². The number of alkyl carbamates (subject to hydrolysis) is 1. The molecule has 0 bridgehead atoms. The summed E-state index contributed by atoms with van der Waals surface area (Å²) < 4.78 is 9.30. The second kappa shape index (κ2) is 4.87. The summed E-state index contributed by atoms with van der Waals surface area (Å²) >= 11 is 0. The van der Waals surface area contributed by atoms with Crippen LogP contribution in [0.2, 0.25) is 0 Å². The molecule has 6 nitrogen and oxygen atoms in total. The van der Waals surface area contributed by atoms with Crippen LogP contribution in [0.3, 0.4) is 0 Å². The number of esters is 2. The molecule has 1 N–H and O–H groups in total. The molecule has 0 aromatic heterocycles. The fourth-order valence-electron chi connectivity index (χ4n) is 1.69. The van der Waals surface area contributed by atoms with Crippen molar-refractivity contribution in [3.63, 3.8) is 0 Å². The molecule has 1 aliphatic rings. The van der Waals surface area contributed by atoms with E-state index in [9.17, 15) is 14.4 Å². The lowest BCUT2D eigenvalue weighted by atomic mass is 10.0. The van der Waals surface area contributed by atoms with Crippen molar-refractivity contribution in [3.8, 4) is 0 Å². The lowest BCUT2D eigenvalue weighted by Gasteiger charge is -2.12. The van der Waals surface area contributed by atoms with Crippen molar-refractivity contribution in [1.29, 1.82) is 0 Å². The fourth-order valence-corrected chi connectivity index (χ4v) is 1.69. The Balaban J connectivity index is 2.24. The Kier molecular flexibility index (Phi) is 3.27. The van der Waals surface area contributed by atoms with Gasteiger partial charge in [0.15, 0.2) is 6.04 Å². The molecule has 0 saturated carbocycles. The van der Waals surface area contributed by atoms with Crippen LogP contribution in [0.4, 0.5) is 4.79 Å². The number of ether oxygens (including phenoxy) is 2. The van der Waals surface area contributed by atoms with E-state index in [0.29, 0.717) is 11.1 Å². The molecule has 1 aromatic rings. The summed E-state index contributed by atoms with van der Waals surface area (Å²) in [5.41, 5.74) is 1.21. The molecule has 1 aliphatic heterocycles. The summed E-state index contributed by atoms with van der Waals surface area (Å²) in [6, 6.07) is 6.03. The van der Waals surface area contributed by atoms with Gasteiger partial charge in [-0.2, -0.15) is 0 Å². The molecule has 0 unspecified atom stereocenters. The Morgan fingerprint density at radius 3 is 2.72 bits per heavy atom. The number of carbonyl (C=O) groups is 3. The van der Waals surface area contributed by atoms with Crippen LogP contribution in [0.25, 0.3) is 0 Å². The van der Waals surface area contributed by atoms with Gasteiger partial charge in [0.05, 0.1) is 0 Å². The number of hydrogen-bond donors (Lipinski definition) is 1. The minimum absolute atomic E-state index is 0.0468. The van der Waals surface area contributed by atoms with Crippen LogP contribution in [0, 0.1) is 0 Å². The Morgan fingerprint density at radius 2 is 2.11 bits per heavy atom. The van der Waals surface area contributed by atoms with E-state index in [0.717, 1.165) is 0 Å². The highest BCUT2D eigenvalue weighted by Crippen LogP contribution is 2.23. The second-order valence-electron chi connectivity index (χ2n) is 3.76. The first kappa shape index (κ1) is 12.1. The molecule has 2 rings (SSSR count). The van der Waals surface area contributed by atoms with E-state index in [4.69, 9.17) is 4.74 Å². The van der Waals surface area contributed by atoms with Gasteiger partial charge in [0, 0.05) is 6.92 Å². The third kappa shape index (κ3) is 2.48. The standard InChI is InChI=1S/C12H11NO5/c1-7(14)17-6-8-4-2-3-5-9(8)10-11(15)18-12(16)13-10/h2-5,10H,6H2,1H3,(H,13,16)/t10-/m0/s1. The van der Waals surface area contributed by atoms with Gasteiger partial charge in [-0.1, -0.05) is 24.3 Å². The van der Waals surface area contributed by atoms with Gasteiger partial charge in [0.2, 0.25) is 0 Å². The maximum atomic E-state index is 11.5. The van der Waals surface area contributed by atoms with Gasteiger partial charge in [0.1, 0.15) is 6.61 Å². The number of benzene rings is 1. The van der Waals surface area contributed by atoms with Crippen molar-refractivity contribution in [2.24, 2.45) is 0 Å². The van der Waals surface area contributed by atoms with Crippen molar-refractivity contribution in [2.45, 2.75) is 19.6 Å². The predicted octanol–water partition coefficient (Wildman–Crippen LogP) is 1.06. The maximum Gasteiger partial charge on any atom is 0.415 e. The van der Waals surface area contributed by atoms with Crippen LogP contribution < -0.4 is 5.32 Å². The summed E-state index contributed by atoms with van der Waals surface area (Å²) in [4.78, 5) is 33.2. The van der Waals surface area contributed by atoms with Crippen LogP contribution in [-0.2, 0) is 25.7 Å². The molecule has 1 saturated heterocycles. The Labute approximate surface area is 103 Å². The first-order chi connectivity index (χ1) is 8.58. The number of cyclic esters (lactones) is 2. The van der Waals surface area contributed by atoms with Gasteiger partial charge in [-0.3, -0.25) is 4.79 Å². The monoisotopic (exact) mass is 249 g/mol. The summed E-state index contributed by atoms with van der Waals surface area (Å²) in [7, 11) is 0. The van der Waals surface area contributed by atoms with Crippen LogP contribution in [-0.4, -0.2) is 18.0 Å². The van der Waals surface area contributed by atoms with Gasteiger partial charge in [0.25, 0.3) is 0 Å². The Bertz CT molecular complexity index is 511. The highest BCUT2D eigenvalue weighted by Gasteiger charge is 2.34. The maximum absolute atomic E-state index is 11.5. The predicted molar refractivity (Wildman–Crippen MR) is 59.3 cm³/mol. The molecular weight excluding hydrogens is 238 g/mol. The van der Waals surface area contributed by atoms with E-state index in [1.165, 1.54) is 6.92 Å². The van der Waals surface area contributed by atoms with Crippen molar-refractivity contribution in [3.05, 3.63) is 35.4 Å². The zero-order valence-corrected chi connectivity index (χ0v) is 9.64. The fraction of sp³-hybridized carbons (Fsp3) is 0.250. The van der Waals surface area contributed by atoms with Gasteiger partial charge in [-0.15, -0.1) is 0 Å². The van der Waals surface area contributed by atoms with E-state index in [1.807, 2.05) is 0 Å². The summed E-state index contributed by atoms with van der Waals surface area (Å²) in [5, 5.41) is 2.40. The average molecular weight is 249 g/mol. The van der Waals surface area contributed by atoms with Crippen molar-refractivity contribution < 1.29 is 23.9 Å². The highest BCUT2D eigenvalue weighted by atomic mass is 16.6. The smallest absolute Gasteiger partial charge is 0.415 e. The minimum atomic E-state index is -0.843. The third-order valence-electron chi connectivity index (χ3n) is 2.49. The van der Waals surface area contributed by atoms with Crippen molar-refractivity contribution in [1.82, 2.24) is 5.32 Å². The first-order valence-corrected chi connectivity index (χ1v) is 5.31.